The van der Waals surface area contributed by atoms with E-state index in [4.69, 9.17) is 9.47 Å². The molecule has 32 heavy (non-hydrogen) atoms. The third-order valence-corrected chi connectivity index (χ3v) is 5.88. The fraction of sp³-hybridized carbons (Fsp3) is 0.217. The molecule has 2 aromatic carbocycles. The maximum absolute atomic E-state index is 12.9. The van der Waals surface area contributed by atoms with E-state index < -0.39 is 23.2 Å². The highest BCUT2D eigenvalue weighted by Crippen LogP contribution is 2.36. The molecule has 0 spiro atoms. The quantitative estimate of drug-likeness (QED) is 0.390. The summed E-state index contributed by atoms with van der Waals surface area (Å²) >= 11 is 0. The number of benzene rings is 2. The van der Waals surface area contributed by atoms with Gasteiger partial charge in [-0.2, -0.15) is 0 Å². The number of nitrogens with zero attached hydrogens (tertiary/aromatic N) is 1. The van der Waals surface area contributed by atoms with Crippen LogP contribution < -0.4 is 26.0 Å². The smallest absolute Gasteiger partial charge is 0.335 e. The van der Waals surface area contributed by atoms with Gasteiger partial charge in [-0.15, -0.1) is 0 Å². The molecule has 0 saturated carbocycles. The lowest BCUT2D eigenvalue weighted by Crippen LogP contribution is -2.38. The number of rotatable bonds is 4. The summed E-state index contributed by atoms with van der Waals surface area (Å²) in [5.74, 6) is 0.833. The Hall–Kier alpha value is -3.98. The lowest BCUT2D eigenvalue weighted by molar-refractivity contribution is 0.406. The lowest BCUT2D eigenvalue weighted by Gasteiger charge is -2.25. The summed E-state index contributed by atoms with van der Waals surface area (Å²) in [7, 11) is 3.13. The molecule has 0 saturated heterocycles. The van der Waals surface area contributed by atoms with E-state index in [-0.39, 0.29) is 5.56 Å². The summed E-state index contributed by atoms with van der Waals surface area (Å²) < 4.78 is 11.7. The number of aromatic hydroxyl groups is 1. The van der Waals surface area contributed by atoms with Gasteiger partial charge < -0.3 is 24.9 Å². The number of ether oxygens (including phenoxy) is 2. The van der Waals surface area contributed by atoms with Gasteiger partial charge in [0, 0.05) is 29.2 Å². The molecular formula is C23H22N4O5. The van der Waals surface area contributed by atoms with Crippen LogP contribution in [0.15, 0.2) is 52.1 Å². The van der Waals surface area contributed by atoms with Crippen LogP contribution in [-0.2, 0) is 6.42 Å². The van der Waals surface area contributed by atoms with Gasteiger partial charge >= 0.3 is 5.69 Å². The molecule has 9 nitrogen and oxygen atoms in total. The third kappa shape index (κ3) is 3.05. The Morgan fingerprint density at radius 3 is 2.59 bits per heavy atom. The van der Waals surface area contributed by atoms with Crippen LogP contribution >= 0.6 is 0 Å². The van der Waals surface area contributed by atoms with Crippen LogP contribution in [0.5, 0.6) is 17.4 Å². The Balaban J connectivity index is 1.71. The molecule has 4 N–H and O–H groups in total. The Kier molecular flexibility index (Phi) is 4.75. The van der Waals surface area contributed by atoms with Gasteiger partial charge in [0.05, 0.1) is 25.9 Å². The average Bonchev–Trinajstić information content (AvgIpc) is 3.17. The summed E-state index contributed by atoms with van der Waals surface area (Å²) in [6.45, 7) is 0.596. The first-order valence-corrected chi connectivity index (χ1v) is 10.2. The summed E-state index contributed by atoms with van der Waals surface area (Å²) in [5.41, 5.74) is 1.78. The maximum atomic E-state index is 12.9. The van der Waals surface area contributed by atoms with Crippen LogP contribution in [0.4, 0.5) is 0 Å². The van der Waals surface area contributed by atoms with Crippen molar-refractivity contribution >= 4 is 10.9 Å². The molecule has 164 valence electrons. The van der Waals surface area contributed by atoms with Gasteiger partial charge in [-0.25, -0.2) is 9.36 Å². The van der Waals surface area contributed by atoms with Gasteiger partial charge in [-0.05, 0) is 42.3 Å². The zero-order valence-corrected chi connectivity index (χ0v) is 17.6. The highest BCUT2D eigenvalue weighted by atomic mass is 16.5. The van der Waals surface area contributed by atoms with Crippen molar-refractivity contribution in [3.8, 4) is 23.1 Å². The van der Waals surface area contributed by atoms with Gasteiger partial charge in [0.15, 0.2) is 0 Å². The van der Waals surface area contributed by atoms with Crippen molar-refractivity contribution in [2.45, 2.75) is 12.5 Å². The van der Waals surface area contributed by atoms with E-state index in [0.29, 0.717) is 18.0 Å². The first kappa shape index (κ1) is 20.0. The number of hydrogen-bond donors (Lipinski definition) is 4. The van der Waals surface area contributed by atoms with E-state index in [1.54, 1.807) is 31.4 Å². The lowest BCUT2D eigenvalue weighted by atomic mass is 9.95. The molecule has 0 bridgehead atoms. The van der Waals surface area contributed by atoms with Gasteiger partial charge in [-0.1, -0.05) is 6.07 Å². The summed E-state index contributed by atoms with van der Waals surface area (Å²) in [5, 5.41) is 15.4. The van der Waals surface area contributed by atoms with E-state index in [9.17, 15) is 14.7 Å². The van der Waals surface area contributed by atoms with Crippen molar-refractivity contribution in [1.82, 2.24) is 19.9 Å². The van der Waals surface area contributed by atoms with Crippen LogP contribution in [0.1, 0.15) is 22.9 Å². The Morgan fingerprint density at radius 2 is 1.81 bits per heavy atom. The normalized spacial score (nSPS) is 15.5. The molecule has 0 radical (unpaired) electrons. The van der Waals surface area contributed by atoms with Gasteiger partial charge in [-0.3, -0.25) is 9.78 Å². The second-order valence-corrected chi connectivity index (χ2v) is 7.60. The average molecular weight is 434 g/mol. The highest BCUT2D eigenvalue weighted by molar-refractivity contribution is 5.86. The predicted octanol–water partition coefficient (Wildman–Crippen LogP) is 1.96. The highest BCUT2D eigenvalue weighted by Gasteiger charge is 2.31. The number of H-pyrrole nitrogens is 2. The number of aromatic amines is 2. The summed E-state index contributed by atoms with van der Waals surface area (Å²) in [6.07, 6.45) is 0.743. The second-order valence-electron chi connectivity index (χ2n) is 7.60. The van der Waals surface area contributed by atoms with E-state index in [1.807, 2.05) is 18.2 Å². The number of aromatic nitrogens is 3. The fourth-order valence-electron chi connectivity index (χ4n) is 4.37. The molecule has 9 heteroatoms. The maximum Gasteiger partial charge on any atom is 0.335 e. The van der Waals surface area contributed by atoms with Gasteiger partial charge in [0.25, 0.3) is 5.56 Å². The molecule has 0 aliphatic carbocycles. The Bertz CT molecular complexity index is 1450. The van der Waals surface area contributed by atoms with Crippen molar-refractivity contribution in [3.63, 3.8) is 0 Å². The molecule has 0 amide bonds. The first-order chi connectivity index (χ1) is 15.5. The molecule has 2 aromatic heterocycles. The number of methoxy groups -OCH3 is 2. The van der Waals surface area contributed by atoms with Crippen LogP contribution in [0.2, 0.25) is 0 Å². The first-order valence-electron chi connectivity index (χ1n) is 10.2. The minimum Gasteiger partial charge on any atom is -0.497 e. The van der Waals surface area contributed by atoms with Gasteiger partial charge in [0.1, 0.15) is 17.1 Å². The zero-order chi connectivity index (χ0) is 22.4. The topological polar surface area (TPSA) is 121 Å². The molecule has 5 rings (SSSR count). The van der Waals surface area contributed by atoms with E-state index in [2.05, 4.69) is 15.3 Å². The van der Waals surface area contributed by atoms with Crippen molar-refractivity contribution in [2.75, 3.05) is 20.8 Å². The van der Waals surface area contributed by atoms with Crippen LogP contribution in [0.3, 0.4) is 0 Å². The van der Waals surface area contributed by atoms with E-state index in [1.165, 1.54) is 7.11 Å². The Labute approximate surface area is 182 Å². The molecule has 0 fully saturated rings. The monoisotopic (exact) mass is 434 g/mol. The number of nitrogens with one attached hydrogen (secondary N) is 3. The predicted molar refractivity (Wildman–Crippen MR) is 119 cm³/mol. The number of fused-ring (bicyclic) bond motifs is 3. The van der Waals surface area contributed by atoms with Crippen molar-refractivity contribution in [2.24, 2.45) is 0 Å². The largest absolute Gasteiger partial charge is 0.497 e. The molecule has 1 aliphatic heterocycles. The molecule has 1 aliphatic rings. The zero-order valence-electron chi connectivity index (χ0n) is 17.6. The Morgan fingerprint density at radius 1 is 1.03 bits per heavy atom. The third-order valence-electron chi connectivity index (χ3n) is 5.88. The second kappa shape index (κ2) is 7.61. The van der Waals surface area contributed by atoms with Crippen LogP contribution in [0, 0.1) is 0 Å². The van der Waals surface area contributed by atoms with Crippen molar-refractivity contribution in [1.29, 1.82) is 0 Å². The molecule has 4 aromatic rings. The van der Waals surface area contributed by atoms with Gasteiger partial charge in [0.2, 0.25) is 5.88 Å². The molecule has 1 atom stereocenters. The van der Waals surface area contributed by atoms with E-state index in [0.717, 1.165) is 38.9 Å². The molecular weight excluding hydrogens is 412 g/mol. The van der Waals surface area contributed by atoms with Crippen LogP contribution in [-0.4, -0.2) is 40.4 Å². The minimum atomic E-state index is -0.734. The SMILES string of the molecule is COc1cccc(-n2c(O)c(C3NCCc4c3[nH]c3ccc(OC)cc43)c(=O)[nH]c2=O)c1. The summed E-state index contributed by atoms with van der Waals surface area (Å²) in [4.78, 5) is 31.2. The fourth-order valence-corrected chi connectivity index (χ4v) is 4.37. The van der Waals surface area contributed by atoms with Crippen LogP contribution in [0.25, 0.3) is 16.6 Å². The number of hydrogen-bond acceptors (Lipinski definition) is 6. The van der Waals surface area contributed by atoms with Crippen molar-refractivity contribution < 1.29 is 14.6 Å². The molecule has 3 heterocycles. The minimum absolute atomic E-state index is 0.0619. The van der Waals surface area contributed by atoms with E-state index >= 15 is 0 Å². The summed E-state index contributed by atoms with van der Waals surface area (Å²) in [6, 6.07) is 11.8. The molecule has 1 unspecified atom stereocenters. The van der Waals surface area contributed by atoms with Crippen molar-refractivity contribution in [3.05, 3.63) is 80.1 Å². The standard InChI is InChI=1S/C23H22N4O5/c1-31-13-5-3-4-12(10-13)27-22(29)18(21(28)26-23(27)30)20-19-15(8-9-24-20)16-11-14(32-2)6-7-17(16)25-19/h3-7,10-11,20,24-25,29H,8-9H2,1-2H3,(H,26,28,30).